The van der Waals surface area contributed by atoms with Crippen LogP contribution in [0.25, 0.3) is 31.3 Å². The molecule has 0 saturated heterocycles. The molecule has 2 aromatic carbocycles. The van der Waals surface area contributed by atoms with Crippen LogP contribution in [0.2, 0.25) is 0 Å². The first-order chi connectivity index (χ1) is 13.5. The van der Waals surface area contributed by atoms with Crippen molar-refractivity contribution < 1.29 is 9.84 Å². The fraction of sp³-hybridized carbons (Fsp3) is 0.0500. The summed E-state index contributed by atoms with van der Waals surface area (Å²) >= 11 is 4.73. The molecule has 0 radical (unpaired) electrons. The van der Waals surface area contributed by atoms with Gasteiger partial charge in [-0.25, -0.2) is 0 Å². The highest BCUT2D eigenvalue weighted by Crippen LogP contribution is 2.42. The first kappa shape index (κ1) is 18.2. The number of hydrogen-bond donors (Lipinski definition) is 1. The minimum atomic E-state index is -0.613. The topological polar surface area (TPSA) is 79.6 Å². The van der Waals surface area contributed by atoms with Crippen molar-refractivity contribution in [3.8, 4) is 27.6 Å². The molecular weight excluding hydrogens is 442 g/mol. The molecule has 28 heavy (non-hydrogen) atoms. The molecule has 4 rings (SSSR count). The van der Waals surface area contributed by atoms with E-state index in [4.69, 9.17) is 4.74 Å². The smallest absolute Gasteiger partial charge is 0.492 e. The van der Waals surface area contributed by atoms with Crippen molar-refractivity contribution in [3.05, 3.63) is 74.4 Å². The number of aromatic nitrogens is 1. The molecule has 0 aliphatic heterocycles. The molecule has 2 aromatic heterocycles. The molecule has 0 spiro atoms. The normalized spacial score (nSPS) is 10.8. The van der Waals surface area contributed by atoms with E-state index in [0.29, 0.717) is 21.7 Å². The number of thiophene rings is 1. The van der Waals surface area contributed by atoms with Gasteiger partial charge >= 0.3 is 11.2 Å². The zero-order valence-corrected chi connectivity index (χ0v) is 17.0. The zero-order valence-electron chi connectivity index (χ0n) is 14.6. The number of methoxy groups -OCH3 is 1. The third-order valence-corrected chi connectivity index (χ3v) is 6.07. The Morgan fingerprint density at radius 2 is 1.82 bits per heavy atom. The Bertz CT molecular complexity index is 1290. The molecular formula is C20H13BrN3O3S+. The van der Waals surface area contributed by atoms with Crippen LogP contribution in [0.3, 0.4) is 0 Å². The Kier molecular flexibility index (Phi) is 4.63. The maximum Gasteiger partial charge on any atom is 0.492 e. The highest BCUT2D eigenvalue weighted by molar-refractivity contribution is 9.10. The van der Waals surface area contributed by atoms with E-state index in [1.807, 2.05) is 30.3 Å². The maximum atomic E-state index is 12.9. The molecule has 0 atom stereocenters. The number of benzene rings is 2. The van der Waals surface area contributed by atoms with Gasteiger partial charge in [-0.15, -0.1) is 11.3 Å². The summed E-state index contributed by atoms with van der Waals surface area (Å²) in [7, 11) is 1.56. The van der Waals surface area contributed by atoms with Crippen LogP contribution in [0.4, 0.5) is 5.69 Å². The van der Waals surface area contributed by atoms with E-state index in [-0.39, 0.29) is 5.75 Å². The lowest BCUT2D eigenvalue weighted by molar-refractivity contribution is 0.414. The number of ether oxygens (including phenoxy) is 1. The van der Waals surface area contributed by atoms with Crippen LogP contribution in [0.15, 0.2) is 63.9 Å². The molecule has 2 heterocycles. The van der Waals surface area contributed by atoms with E-state index >= 15 is 0 Å². The van der Waals surface area contributed by atoms with Gasteiger partial charge in [0.2, 0.25) is 11.1 Å². The summed E-state index contributed by atoms with van der Waals surface area (Å²) in [4.78, 5) is 16.8. The van der Waals surface area contributed by atoms with Crippen LogP contribution in [-0.4, -0.2) is 16.8 Å². The first-order valence-electron chi connectivity index (χ1n) is 8.20. The molecule has 8 heteroatoms. The average molecular weight is 455 g/mol. The lowest BCUT2D eigenvalue weighted by Gasteiger charge is -2.08. The number of hydrogen-bond acceptors (Lipinski definition) is 5. The summed E-state index contributed by atoms with van der Waals surface area (Å²) in [6.07, 6.45) is 0. The lowest BCUT2D eigenvalue weighted by atomic mass is 10.2. The van der Waals surface area contributed by atoms with Gasteiger partial charge in [-0.3, -0.25) is 9.36 Å². The molecule has 0 bridgehead atoms. The Balaban J connectivity index is 2.03. The maximum absolute atomic E-state index is 12.9. The Hall–Kier alpha value is -3.15. The summed E-state index contributed by atoms with van der Waals surface area (Å²) in [5.41, 5.74) is 1.04. The minimum Gasteiger partial charge on any atom is -0.500 e. The number of halogens is 1. The van der Waals surface area contributed by atoms with Gasteiger partial charge in [-0.1, -0.05) is 28.1 Å². The average Bonchev–Trinajstić information content (AvgIpc) is 3.15. The predicted molar refractivity (Wildman–Crippen MR) is 114 cm³/mol. The fourth-order valence-electron chi connectivity index (χ4n) is 2.98. The molecule has 0 amide bonds. The Labute approximate surface area is 172 Å². The van der Waals surface area contributed by atoms with Gasteiger partial charge in [0.15, 0.2) is 4.98 Å². The van der Waals surface area contributed by atoms with E-state index in [0.717, 1.165) is 14.9 Å². The van der Waals surface area contributed by atoms with Gasteiger partial charge in [0.25, 0.3) is 0 Å². The Morgan fingerprint density at radius 1 is 1.14 bits per heavy atom. The van der Waals surface area contributed by atoms with E-state index in [9.17, 15) is 15.3 Å². The molecule has 6 nitrogen and oxygen atoms in total. The molecule has 0 aliphatic carbocycles. The second kappa shape index (κ2) is 7.11. The highest BCUT2D eigenvalue weighted by atomic mass is 79.9. The number of rotatable bonds is 3. The standard InChI is InChI=1S/C20H12BrN3O3S/c1-27-14-8-6-13(7-9-14)24-15-10-16(11-2-4-12(21)5-3-11)28-19(15)18(25)17(23-22)20(24)26/h2-10H,1H3/p+1. The molecule has 4 aromatic rings. The molecule has 0 aliphatic rings. The van der Waals surface area contributed by atoms with Crippen molar-refractivity contribution in [1.82, 2.24) is 4.57 Å². The Morgan fingerprint density at radius 3 is 2.43 bits per heavy atom. The van der Waals surface area contributed by atoms with Gasteiger partial charge in [0.1, 0.15) is 10.4 Å². The molecule has 0 saturated carbocycles. The van der Waals surface area contributed by atoms with Crippen LogP contribution >= 0.6 is 27.3 Å². The lowest BCUT2D eigenvalue weighted by Crippen LogP contribution is -2.17. The van der Waals surface area contributed by atoms with Crippen LogP contribution in [-0.2, 0) is 0 Å². The third kappa shape index (κ3) is 2.95. The number of pyridine rings is 1. The summed E-state index contributed by atoms with van der Waals surface area (Å²) in [5, 5.41) is 19.8. The number of fused-ring (bicyclic) bond motifs is 1. The van der Waals surface area contributed by atoms with Crippen LogP contribution in [0.5, 0.6) is 11.5 Å². The fourth-order valence-corrected chi connectivity index (χ4v) is 4.33. The van der Waals surface area contributed by atoms with Crippen molar-refractivity contribution in [2.24, 2.45) is 0 Å². The van der Waals surface area contributed by atoms with Crippen LogP contribution < -0.4 is 10.3 Å². The summed E-state index contributed by atoms with van der Waals surface area (Å²) in [6, 6.07) is 16.5. The molecule has 138 valence electrons. The SMILES string of the molecule is COc1ccc(-n2c(=O)c([N+]#N)c(O)c3sc(-c4ccc(Br)cc4)cc32)cc1. The van der Waals surface area contributed by atoms with Crippen LogP contribution in [0.1, 0.15) is 0 Å². The highest BCUT2D eigenvalue weighted by Gasteiger charge is 2.28. The number of diazo groups is 1. The second-order valence-electron chi connectivity index (χ2n) is 5.97. The monoisotopic (exact) mass is 454 g/mol. The van der Waals surface area contributed by atoms with Gasteiger partial charge in [0, 0.05) is 15.0 Å². The zero-order chi connectivity index (χ0) is 19.8. The second-order valence-corrected chi connectivity index (χ2v) is 7.94. The van der Waals surface area contributed by atoms with Crippen molar-refractivity contribution in [3.63, 3.8) is 0 Å². The summed E-state index contributed by atoms with van der Waals surface area (Å²) in [5.74, 6) is 0.320. The number of aromatic hydroxyl groups is 1. The largest absolute Gasteiger partial charge is 0.500 e. The van der Waals surface area contributed by atoms with Gasteiger partial charge in [-0.05, 0) is 48.0 Å². The van der Waals surface area contributed by atoms with E-state index in [2.05, 4.69) is 20.9 Å². The molecule has 1 N–H and O–H groups in total. The van der Waals surface area contributed by atoms with Gasteiger partial charge in [0.05, 0.1) is 12.6 Å². The van der Waals surface area contributed by atoms with E-state index in [1.54, 1.807) is 31.4 Å². The quantitative estimate of drug-likeness (QED) is 0.403. The summed E-state index contributed by atoms with van der Waals surface area (Å²) in [6.45, 7) is 0. The molecule has 0 unspecified atom stereocenters. The van der Waals surface area contributed by atoms with Crippen molar-refractivity contribution in [2.45, 2.75) is 0 Å². The van der Waals surface area contributed by atoms with Crippen molar-refractivity contribution in [1.29, 1.82) is 5.39 Å². The van der Waals surface area contributed by atoms with Gasteiger partial charge in [-0.2, -0.15) is 0 Å². The van der Waals surface area contributed by atoms with Crippen LogP contribution in [0, 0.1) is 5.39 Å². The van der Waals surface area contributed by atoms with Crippen molar-refractivity contribution in [2.75, 3.05) is 7.11 Å². The number of nitrogens with zero attached hydrogens (tertiary/aromatic N) is 3. The molecule has 0 fully saturated rings. The third-order valence-electron chi connectivity index (χ3n) is 4.36. The minimum absolute atomic E-state index is 0.333. The summed E-state index contributed by atoms with van der Waals surface area (Å²) < 4.78 is 8.00. The predicted octanol–water partition coefficient (Wildman–Crippen LogP) is 5.68. The van der Waals surface area contributed by atoms with E-state index < -0.39 is 11.2 Å². The van der Waals surface area contributed by atoms with Gasteiger partial charge < -0.3 is 9.84 Å². The first-order valence-corrected chi connectivity index (χ1v) is 9.81. The van der Waals surface area contributed by atoms with Crippen molar-refractivity contribution >= 4 is 43.2 Å². The van der Waals surface area contributed by atoms with E-state index in [1.165, 1.54) is 15.9 Å².